The third kappa shape index (κ3) is 3.27. The third-order valence-electron chi connectivity index (χ3n) is 3.30. The van der Waals surface area contributed by atoms with Gasteiger partial charge < -0.3 is 14.5 Å². The molecule has 23 heavy (non-hydrogen) atoms. The molecule has 0 atom stereocenters. The van der Waals surface area contributed by atoms with Gasteiger partial charge in [-0.05, 0) is 36.4 Å². The van der Waals surface area contributed by atoms with Crippen LogP contribution in [0.3, 0.4) is 0 Å². The third-order valence-corrected chi connectivity index (χ3v) is 3.83. The van der Waals surface area contributed by atoms with Crippen molar-refractivity contribution in [3.8, 4) is 5.75 Å². The molecule has 0 aliphatic rings. The molecule has 0 bridgehead atoms. The molecule has 1 amide bonds. The fourth-order valence-corrected chi connectivity index (χ4v) is 2.45. The molecule has 0 radical (unpaired) electrons. The van der Waals surface area contributed by atoms with Gasteiger partial charge in [0.15, 0.2) is 0 Å². The molecule has 0 saturated carbocycles. The molecule has 1 aromatic heterocycles. The van der Waals surface area contributed by atoms with Gasteiger partial charge in [-0.2, -0.15) is 0 Å². The highest BCUT2D eigenvalue weighted by Crippen LogP contribution is 2.23. The second kappa shape index (κ2) is 6.26. The first kappa shape index (κ1) is 15.3. The first-order valence-electron chi connectivity index (χ1n) is 6.75. The van der Waals surface area contributed by atoms with Crippen molar-refractivity contribution in [2.75, 3.05) is 12.4 Å². The minimum Gasteiger partial charge on any atom is -0.497 e. The zero-order valence-corrected chi connectivity index (χ0v) is 13.7. The van der Waals surface area contributed by atoms with Gasteiger partial charge in [-0.15, -0.1) is 0 Å². The normalized spacial score (nSPS) is 10.5. The molecule has 6 heteroatoms. The number of ether oxygens (including phenoxy) is 1. The Morgan fingerprint density at radius 3 is 2.57 bits per heavy atom. The van der Waals surface area contributed by atoms with Crippen molar-refractivity contribution in [3.63, 3.8) is 0 Å². The van der Waals surface area contributed by atoms with Gasteiger partial charge in [-0.3, -0.25) is 4.79 Å². The van der Waals surface area contributed by atoms with E-state index in [1.165, 1.54) is 13.2 Å². The van der Waals surface area contributed by atoms with Crippen LogP contribution < -0.4 is 15.7 Å². The molecule has 0 unspecified atom stereocenters. The van der Waals surface area contributed by atoms with Gasteiger partial charge in [0.25, 0.3) is 5.91 Å². The second-order valence-corrected chi connectivity index (χ2v) is 5.72. The maximum Gasteiger partial charge on any atom is 0.337 e. The van der Waals surface area contributed by atoms with Crippen LogP contribution in [0.4, 0.5) is 5.69 Å². The zero-order chi connectivity index (χ0) is 16.4. The molecular formula is C17H12BrNO4. The zero-order valence-electron chi connectivity index (χ0n) is 12.1. The molecule has 5 nitrogen and oxygen atoms in total. The summed E-state index contributed by atoms with van der Waals surface area (Å²) < 4.78 is 11.2. The Labute approximate surface area is 140 Å². The van der Waals surface area contributed by atoms with Gasteiger partial charge in [0.1, 0.15) is 11.3 Å². The lowest BCUT2D eigenvalue weighted by Crippen LogP contribution is -2.15. The number of methoxy groups -OCH3 is 1. The molecule has 0 saturated heterocycles. The molecule has 116 valence electrons. The number of nitrogens with one attached hydrogen (secondary N) is 1. The van der Waals surface area contributed by atoms with E-state index in [0.717, 1.165) is 4.47 Å². The Balaban J connectivity index is 2.02. The van der Waals surface area contributed by atoms with Crippen LogP contribution in [-0.2, 0) is 0 Å². The van der Waals surface area contributed by atoms with Crippen LogP contribution in [0.2, 0.25) is 0 Å². The van der Waals surface area contributed by atoms with Gasteiger partial charge in [0, 0.05) is 27.7 Å². The average Bonchev–Trinajstić information content (AvgIpc) is 2.55. The van der Waals surface area contributed by atoms with E-state index in [0.29, 0.717) is 22.4 Å². The first-order valence-corrected chi connectivity index (χ1v) is 7.55. The fourth-order valence-electron chi connectivity index (χ4n) is 2.19. The summed E-state index contributed by atoms with van der Waals surface area (Å²) in [6, 6.07) is 13.3. The predicted octanol–water partition coefficient (Wildman–Crippen LogP) is 3.82. The molecular weight excluding hydrogens is 362 g/mol. The van der Waals surface area contributed by atoms with Crippen molar-refractivity contribution in [1.82, 2.24) is 0 Å². The molecule has 0 spiro atoms. The number of rotatable bonds is 3. The number of carbonyl (C=O) groups is 1. The largest absolute Gasteiger partial charge is 0.497 e. The van der Waals surface area contributed by atoms with E-state index in [9.17, 15) is 9.59 Å². The topological polar surface area (TPSA) is 68.5 Å². The van der Waals surface area contributed by atoms with Crippen molar-refractivity contribution < 1.29 is 13.9 Å². The van der Waals surface area contributed by atoms with Gasteiger partial charge in [0.05, 0.1) is 12.7 Å². The van der Waals surface area contributed by atoms with Crippen LogP contribution in [0.25, 0.3) is 11.0 Å². The van der Waals surface area contributed by atoms with E-state index < -0.39 is 5.63 Å². The van der Waals surface area contributed by atoms with E-state index in [1.54, 1.807) is 30.3 Å². The quantitative estimate of drug-likeness (QED) is 0.708. The monoisotopic (exact) mass is 373 g/mol. The number of benzene rings is 2. The Morgan fingerprint density at radius 2 is 1.87 bits per heavy atom. The Kier molecular flexibility index (Phi) is 4.16. The summed E-state index contributed by atoms with van der Waals surface area (Å²) in [5.74, 6) is 0.168. The number of hydrogen-bond donors (Lipinski definition) is 1. The second-order valence-electron chi connectivity index (χ2n) is 4.80. The highest BCUT2D eigenvalue weighted by Gasteiger charge is 2.14. The van der Waals surface area contributed by atoms with Crippen LogP contribution in [0.1, 0.15) is 10.4 Å². The molecule has 0 aliphatic carbocycles. The van der Waals surface area contributed by atoms with Gasteiger partial charge >= 0.3 is 5.63 Å². The molecule has 3 aromatic rings. The fraction of sp³-hybridized carbons (Fsp3) is 0.0588. The number of halogens is 1. The molecule has 3 rings (SSSR count). The van der Waals surface area contributed by atoms with Crippen LogP contribution in [-0.4, -0.2) is 13.0 Å². The summed E-state index contributed by atoms with van der Waals surface area (Å²) >= 11 is 3.33. The van der Waals surface area contributed by atoms with Crippen molar-refractivity contribution in [3.05, 3.63) is 69.0 Å². The van der Waals surface area contributed by atoms with Crippen LogP contribution in [0.15, 0.2) is 62.2 Å². The maximum atomic E-state index is 12.5. The van der Waals surface area contributed by atoms with Crippen LogP contribution in [0, 0.1) is 0 Å². The average molecular weight is 374 g/mol. The molecule has 0 aliphatic heterocycles. The van der Waals surface area contributed by atoms with E-state index in [4.69, 9.17) is 9.15 Å². The standard InChI is InChI=1S/C17H12BrNO4/c1-22-12-6-7-13-14(9-16(20)23-15(13)8-12)17(21)19-11-4-2-10(18)3-5-11/h2-9H,1H3,(H,19,21). The smallest absolute Gasteiger partial charge is 0.337 e. The summed E-state index contributed by atoms with van der Waals surface area (Å²) in [5.41, 5.74) is 0.597. The number of hydrogen-bond acceptors (Lipinski definition) is 4. The van der Waals surface area contributed by atoms with Gasteiger partial charge in [-0.25, -0.2) is 4.79 Å². The lowest BCUT2D eigenvalue weighted by molar-refractivity contribution is 0.102. The maximum absolute atomic E-state index is 12.5. The van der Waals surface area contributed by atoms with Crippen molar-refractivity contribution >= 4 is 38.5 Å². The van der Waals surface area contributed by atoms with Gasteiger partial charge in [-0.1, -0.05) is 15.9 Å². The summed E-state index contributed by atoms with van der Waals surface area (Å²) in [5, 5.41) is 3.30. The molecule has 1 heterocycles. The summed E-state index contributed by atoms with van der Waals surface area (Å²) in [6.07, 6.45) is 0. The minimum absolute atomic E-state index is 0.252. The van der Waals surface area contributed by atoms with Gasteiger partial charge in [0.2, 0.25) is 0 Å². The number of amides is 1. The molecule has 0 fully saturated rings. The van der Waals surface area contributed by atoms with Crippen LogP contribution >= 0.6 is 15.9 Å². The molecule has 1 N–H and O–H groups in total. The highest BCUT2D eigenvalue weighted by molar-refractivity contribution is 9.10. The number of carbonyl (C=O) groups excluding carboxylic acids is 1. The van der Waals surface area contributed by atoms with E-state index >= 15 is 0 Å². The van der Waals surface area contributed by atoms with Crippen molar-refractivity contribution in [2.45, 2.75) is 0 Å². The van der Waals surface area contributed by atoms with E-state index in [-0.39, 0.29) is 11.5 Å². The number of fused-ring (bicyclic) bond motifs is 1. The van der Waals surface area contributed by atoms with Crippen molar-refractivity contribution in [1.29, 1.82) is 0 Å². The summed E-state index contributed by atoms with van der Waals surface area (Å²) in [6.45, 7) is 0. The Bertz CT molecular complexity index is 931. The summed E-state index contributed by atoms with van der Waals surface area (Å²) in [7, 11) is 1.52. The minimum atomic E-state index is -0.591. The van der Waals surface area contributed by atoms with Crippen molar-refractivity contribution in [2.24, 2.45) is 0 Å². The highest BCUT2D eigenvalue weighted by atomic mass is 79.9. The summed E-state index contributed by atoms with van der Waals surface area (Å²) in [4.78, 5) is 24.2. The predicted molar refractivity (Wildman–Crippen MR) is 91.1 cm³/mol. The van der Waals surface area contributed by atoms with Crippen LogP contribution in [0.5, 0.6) is 5.75 Å². The lowest BCUT2D eigenvalue weighted by atomic mass is 10.1. The first-order chi connectivity index (χ1) is 11.1. The SMILES string of the molecule is COc1ccc2c(C(=O)Nc3ccc(Br)cc3)cc(=O)oc2c1. The number of anilines is 1. The Morgan fingerprint density at radius 1 is 1.13 bits per heavy atom. The Hall–Kier alpha value is -2.60. The van der Waals surface area contributed by atoms with E-state index in [2.05, 4.69) is 21.2 Å². The van der Waals surface area contributed by atoms with E-state index in [1.807, 2.05) is 12.1 Å². The molecule has 2 aromatic carbocycles. The lowest BCUT2D eigenvalue weighted by Gasteiger charge is -2.08.